The second kappa shape index (κ2) is 7.99. The van der Waals surface area contributed by atoms with E-state index in [0.717, 1.165) is 52.6 Å². The Labute approximate surface area is 182 Å². The van der Waals surface area contributed by atoms with E-state index in [0.29, 0.717) is 12.5 Å². The van der Waals surface area contributed by atoms with Crippen LogP contribution in [0.15, 0.2) is 84.9 Å². The Morgan fingerprint density at radius 3 is 2.52 bits per heavy atom. The maximum absolute atomic E-state index is 11.9. The number of benzene rings is 3. The van der Waals surface area contributed by atoms with Crippen LogP contribution < -0.4 is 4.74 Å². The van der Waals surface area contributed by atoms with E-state index in [1.54, 1.807) is 0 Å². The predicted molar refractivity (Wildman–Crippen MR) is 124 cm³/mol. The number of ether oxygens (including phenoxy) is 1. The van der Waals surface area contributed by atoms with Crippen molar-refractivity contribution >= 4 is 17.2 Å². The van der Waals surface area contributed by atoms with Crippen LogP contribution in [0.4, 0.5) is 0 Å². The summed E-state index contributed by atoms with van der Waals surface area (Å²) in [5, 5.41) is 1.12. The molecule has 0 N–H and O–H groups in total. The standard InChI is InChI=1S/C28H25NO2/c1-20-16-28(17-20,23-8-3-2-4-9-23)26-15-25(14-12-22(26)18-30)31-19-24-13-11-21-7-5-6-10-27(21)29-24/h2-15,18,20H,16-17,19H2,1H3. The Balaban J connectivity index is 1.46. The van der Waals surface area contributed by atoms with Gasteiger partial charge in [0.15, 0.2) is 0 Å². The molecule has 0 unspecified atom stereocenters. The monoisotopic (exact) mass is 407 g/mol. The summed E-state index contributed by atoms with van der Waals surface area (Å²) in [6, 6.07) is 28.5. The Morgan fingerprint density at radius 2 is 1.74 bits per heavy atom. The summed E-state index contributed by atoms with van der Waals surface area (Å²) in [4.78, 5) is 16.6. The van der Waals surface area contributed by atoms with E-state index in [9.17, 15) is 4.79 Å². The van der Waals surface area contributed by atoms with Gasteiger partial charge in [0.05, 0.1) is 11.2 Å². The van der Waals surface area contributed by atoms with Crippen molar-refractivity contribution in [2.24, 2.45) is 5.92 Å². The number of nitrogens with zero attached hydrogens (tertiary/aromatic N) is 1. The summed E-state index contributed by atoms with van der Waals surface area (Å²) in [5.41, 5.74) is 4.80. The average molecular weight is 408 g/mol. The van der Waals surface area contributed by atoms with Crippen LogP contribution in [-0.2, 0) is 12.0 Å². The molecule has 1 aliphatic rings. The minimum atomic E-state index is -0.127. The lowest BCUT2D eigenvalue weighted by Gasteiger charge is -2.48. The highest BCUT2D eigenvalue weighted by atomic mass is 16.5. The van der Waals surface area contributed by atoms with Crippen LogP contribution in [0.3, 0.4) is 0 Å². The first-order valence-electron chi connectivity index (χ1n) is 10.8. The van der Waals surface area contributed by atoms with Gasteiger partial charge in [-0.15, -0.1) is 0 Å². The molecule has 0 radical (unpaired) electrons. The van der Waals surface area contributed by atoms with Gasteiger partial charge in [0.2, 0.25) is 0 Å². The quantitative estimate of drug-likeness (QED) is 0.350. The molecule has 0 bridgehead atoms. The first-order chi connectivity index (χ1) is 15.2. The van der Waals surface area contributed by atoms with E-state index in [-0.39, 0.29) is 5.41 Å². The second-order valence-electron chi connectivity index (χ2n) is 8.61. The molecule has 3 aromatic carbocycles. The molecule has 4 aromatic rings. The number of fused-ring (bicyclic) bond motifs is 1. The highest BCUT2D eigenvalue weighted by Crippen LogP contribution is 2.53. The zero-order chi connectivity index (χ0) is 21.3. The van der Waals surface area contributed by atoms with Crippen molar-refractivity contribution < 1.29 is 9.53 Å². The fourth-order valence-electron chi connectivity index (χ4n) is 4.99. The SMILES string of the molecule is CC1CC(c2ccccc2)(c2cc(OCc3ccc4ccccc4n3)ccc2C=O)C1. The molecule has 1 aromatic heterocycles. The van der Waals surface area contributed by atoms with E-state index < -0.39 is 0 Å². The van der Waals surface area contributed by atoms with Crippen LogP contribution in [0.2, 0.25) is 0 Å². The number of carbonyl (C=O) groups excluding carboxylic acids is 1. The summed E-state index contributed by atoms with van der Waals surface area (Å²) in [6.45, 7) is 2.66. The third-order valence-corrected chi connectivity index (χ3v) is 6.43. The van der Waals surface area contributed by atoms with Gasteiger partial charge in [0, 0.05) is 16.4 Å². The average Bonchev–Trinajstić information content (AvgIpc) is 2.81. The van der Waals surface area contributed by atoms with Crippen molar-refractivity contribution in [3.63, 3.8) is 0 Å². The van der Waals surface area contributed by atoms with Gasteiger partial charge in [-0.05, 0) is 60.2 Å². The fourth-order valence-corrected chi connectivity index (χ4v) is 4.99. The van der Waals surface area contributed by atoms with Crippen molar-refractivity contribution in [2.75, 3.05) is 0 Å². The largest absolute Gasteiger partial charge is 0.487 e. The fraction of sp³-hybridized carbons (Fsp3) is 0.214. The minimum absolute atomic E-state index is 0.127. The van der Waals surface area contributed by atoms with Gasteiger partial charge in [-0.1, -0.05) is 61.5 Å². The third-order valence-electron chi connectivity index (χ3n) is 6.43. The summed E-state index contributed by atoms with van der Waals surface area (Å²) in [5.74, 6) is 1.40. The number of carbonyl (C=O) groups is 1. The van der Waals surface area contributed by atoms with Gasteiger partial charge < -0.3 is 4.74 Å². The smallest absolute Gasteiger partial charge is 0.150 e. The molecule has 0 saturated heterocycles. The number of aromatic nitrogens is 1. The lowest BCUT2D eigenvalue weighted by atomic mass is 9.55. The highest BCUT2D eigenvalue weighted by Gasteiger charge is 2.46. The lowest BCUT2D eigenvalue weighted by Crippen LogP contribution is -2.41. The molecule has 1 heterocycles. The lowest BCUT2D eigenvalue weighted by molar-refractivity contribution is 0.111. The third kappa shape index (κ3) is 3.61. The molecule has 5 rings (SSSR count). The van der Waals surface area contributed by atoms with E-state index in [2.05, 4.69) is 49.4 Å². The minimum Gasteiger partial charge on any atom is -0.487 e. The molecular weight excluding hydrogens is 382 g/mol. The van der Waals surface area contributed by atoms with Crippen molar-refractivity contribution in [1.29, 1.82) is 0 Å². The van der Waals surface area contributed by atoms with Gasteiger partial charge in [-0.3, -0.25) is 4.79 Å². The van der Waals surface area contributed by atoms with Gasteiger partial charge in [-0.2, -0.15) is 0 Å². The van der Waals surface area contributed by atoms with Gasteiger partial charge in [0.1, 0.15) is 18.6 Å². The van der Waals surface area contributed by atoms with Crippen LogP contribution >= 0.6 is 0 Å². The Morgan fingerprint density at radius 1 is 0.968 bits per heavy atom. The molecule has 3 nitrogen and oxygen atoms in total. The predicted octanol–water partition coefficient (Wildman–Crippen LogP) is 6.34. The topological polar surface area (TPSA) is 39.2 Å². The number of rotatable bonds is 6. The van der Waals surface area contributed by atoms with E-state index in [1.807, 2.05) is 42.5 Å². The molecule has 1 aliphatic carbocycles. The number of pyridine rings is 1. The zero-order valence-electron chi connectivity index (χ0n) is 17.6. The molecule has 0 spiro atoms. The first-order valence-corrected chi connectivity index (χ1v) is 10.8. The summed E-state index contributed by atoms with van der Waals surface area (Å²) in [6.07, 6.45) is 3.04. The van der Waals surface area contributed by atoms with Crippen LogP contribution in [0.1, 0.15) is 46.9 Å². The molecule has 31 heavy (non-hydrogen) atoms. The van der Waals surface area contributed by atoms with Crippen molar-refractivity contribution in [1.82, 2.24) is 4.98 Å². The number of hydrogen-bond donors (Lipinski definition) is 0. The van der Waals surface area contributed by atoms with E-state index in [1.165, 1.54) is 5.56 Å². The molecule has 1 saturated carbocycles. The highest BCUT2D eigenvalue weighted by molar-refractivity contribution is 5.80. The van der Waals surface area contributed by atoms with Crippen LogP contribution in [0.5, 0.6) is 5.75 Å². The van der Waals surface area contributed by atoms with Gasteiger partial charge in [0.25, 0.3) is 0 Å². The maximum Gasteiger partial charge on any atom is 0.150 e. The van der Waals surface area contributed by atoms with E-state index >= 15 is 0 Å². The maximum atomic E-state index is 11.9. The Bertz CT molecular complexity index is 1230. The molecule has 0 amide bonds. The number of hydrogen-bond acceptors (Lipinski definition) is 3. The second-order valence-corrected chi connectivity index (χ2v) is 8.61. The molecule has 1 fully saturated rings. The van der Waals surface area contributed by atoms with Crippen molar-refractivity contribution in [2.45, 2.75) is 31.8 Å². The normalized spacial score (nSPS) is 20.2. The van der Waals surface area contributed by atoms with Crippen LogP contribution in [0.25, 0.3) is 10.9 Å². The zero-order valence-corrected chi connectivity index (χ0v) is 17.6. The van der Waals surface area contributed by atoms with Crippen LogP contribution in [0, 0.1) is 5.92 Å². The molecule has 0 atom stereocenters. The van der Waals surface area contributed by atoms with Gasteiger partial charge >= 0.3 is 0 Å². The van der Waals surface area contributed by atoms with E-state index in [4.69, 9.17) is 9.72 Å². The Kier molecular flexibility index (Phi) is 5.03. The van der Waals surface area contributed by atoms with Crippen LogP contribution in [-0.4, -0.2) is 11.3 Å². The molecule has 0 aliphatic heterocycles. The van der Waals surface area contributed by atoms with Crippen molar-refractivity contribution in [3.8, 4) is 5.75 Å². The van der Waals surface area contributed by atoms with Gasteiger partial charge in [-0.25, -0.2) is 4.98 Å². The first kappa shape index (κ1) is 19.5. The number of aldehydes is 1. The summed E-state index contributed by atoms with van der Waals surface area (Å²) < 4.78 is 6.13. The summed E-state index contributed by atoms with van der Waals surface area (Å²) >= 11 is 0. The molecule has 154 valence electrons. The van der Waals surface area contributed by atoms with Crippen molar-refractivity contribution in [3.05, 3.63) is 107 Å². The molecule has 3 heteroatoms. The Hall–Kier alpha value is -3.46. The number of para-hydroxylation sites is 1. The molecular formula is C28H25NO2. The summed E-state index contributed by atoms with van der Waals surface area (Å²) in [7, 11) is 0.